The maximum absolute atomic E-state index is 6.12. The fraction of sp³-hybridized carbons (Fsp3) is 0.267. The Morgan fingerprint density at radius 3 is 2.52 bits per heavy atom. The zero-order valence-electron chi connectivity index (χ0n) is 11.9. The van der Waals surface area contributed by atoms with Gasteiger partial charge in [0.25, 0.3) is 0 Å². The molecule has 0 saturated heterocycles. The maximum atomic E-state index is 6.12. The summed E-state index contributed by atoms with van der Waals surface area (Å²) >= 11 is 6.12. The monoisotopic (exact) mass is 418 g/mol. The van der Waals surface area contributed by atoms with Crippen LogP contribution in [0.2, 0.25) is 5.02 Å². The molecule has 1 aromatic heterocycles. The highest BCUT2D eigenvalue weighted by Gasteiger charge is 2.01. The molecule has 0 atom stereocenters. The number of aromatic nitrogens is 1. The Kier molecular flexibility index (Phi) is 8.22. The van der Waals surface area contributed by atoms with E-state index in [4.69, 9.17) is 11.6 Å². The lowest BCUT2D eigenvalue weighted by Crippen LogP contribution is -2.38. The number of aliphatic imine (C=N–C) groups is 1. The Hall–Kier alpha value is -1.21. The fourth-order valence-electron chi connectivity index (χ4n) is 1.86. The molecule has 0 spiro atoms. The molecule has 2 N–H and O–H groups in total. The van der Waals surface area contributed by atoms with Crippen LogP contribution in [0.3, 0.4) is 0 Å². The Balaban J connectivity index is 0.00000220. The molecule has 0 amide bonds. The molecule has 1 aromatic carbocycles. The summed E-state index contributed by atoms with van der Waals surface area (Å²) in [6.07, 6.45) is 4.09. The predicted octanol–water partition coefficient (Wildman–Crippen LogP) is 3.12. The van der Waals surface area contributed by atoms with Crippen LogP contribution in [0.5, 0.6) is 0 Å². The van der Waals surface area contributed by atoms with E-state index in [2.05, 4.69) is 20.2 Å². The molecule has 0 aliphatic heterocycles. The highest BCUT2D eigenvalue weighted by Crippen LogP contribution is 2.14. The molecule has 2 rings (SSSR count). The van der Waals surface area contributed by atoms with Crippen molar-refractivity contribution in [3.05, 3.63) is 59.4 Å². The second kappa shape index (κ2) is 9.68. The van der Waals surface area contributed by atoms with Crippen molar-refractivity contribution in [3.63, 3.8) is 0 Å². The molecule has 0 aliphatic carbocycles. The number of hydrogen-bond acceptors (Lipinski definition) is 1. The molecule has 114 valence electrons. The quantitative estimate of drug-likeness (QED) is 0.445. The molecule has 0 saturated carbocycles. The summed E-state index contributed by atoms with van der Waals surface area (Å²) in [6, 6.07) is 11.8. The van der Waals surface area contributed by atoms with Crippen LogP contribution in [-0.2, 0) is 13.1 Å². The van der Waals surface area contributed by atoms with Crippen LogP contribution < -0.4 is 10.6 Å². The van der Waals surface area contributed by atoms with Crippen molar-refractivity contribution in [2.45, 2.75) is 13.1 Å². The van der Waals surface area contributed by atoms with Crippen LogP contribution in [0.1, 0.15) is 5.56 Å². The number of benzene rings is 1. The van der Waals surface area contributed by atoms with Crippen molar-refractivity contribution in [2.24, 2.45) is 4.99 Å². The summed E-state index contributed by atoms with van der Waals surface area (Å²) in [4.78, 5) is 4.19. The Morgan fingerprint density at radius 1 is 1.14 bits per heavy atom. The van der Waals surface area contributed by atoms with Gasteiger partial charge in [0, 0.05) is 44.1 Å². The molecule has 6 heteroatoms. The lowest BCUT2D eigenvalue weighted by molar-refractivity contribution is 0.665. The molecule has 0 radical (unpaired) electrons. The van der Waals surface area contributed by atoms with E-state index < -0.39 is 0 Å². The van der Waals surface area contributed by atoms with Gasteiger partial charge in [0.1, 0.15) is 0 Å². The van der Waals surface area contributed by atoms with Crippen LogP contribution in [0, 0.1) is 0 Å². The summed E-state index contributed by atoms with van der Waals surface area (Å²) in [7, 11) is 1.76. The summed E-state index contributed by atoms with van der Waals surface area (Å²) in [5, 5.41) is 7.29. The minimum atomic E-state index is 0. The number of nitrogens with one attached hydrogen (secondary N) is 2. The normalized spacial score (nSPS) is 10.9. The third-order valence-electron chi connectivity index (χ3n) is 2.96. The second-order valence-electron chi connectivity index (χ2n) is 4.36. The van der Waals surface area contributed by atoms with Gasteiger partial charge < -0.3 is 15.2 Å². The first-order chi connectivity index (χ1) is 9.79. The first-order valence-electron chi connectivity index (χ1n) is 6.58. The fourth-order valence-corrected chi connectivity index (χ4v) is 2.07. The molecule has 0 bridgehead atoms. The van der Waals surface area contributed by atoms with E-state index in [-0.39, 0.29) is 24.0 Å². The Labute approximate surface area is 147 Å². The van der Waals surface area contributed by atoms with Gasteiger partial charge >= 0.3 is 0 Å². The van der Waals surface area contributed by atoms with E-state index in [1.54, 1.807) is 7.05 Å². The predicted molar refractivity (Wildman–Crippen MR) is 99.5 cm³/mol. The molecule has 0 unspecified atom stereocenters. The Bertz CT molecular complexity index is 555. The summed E-state index contributed by atoms with van der Waals surface area (Å²) in [5.74, 6) is 0.775. The SMILES string of the molecule is CN=C(NCCn1cccc1)NCc1ccccc1Cl.I. The molecule has 4 nitrogen and oxygen atoms in total. The molecule has 21 heavy (non-hydrogen) atoms. The largest absolute Gasteiger partial charge is 0.355 e. The lowest BCUT2D eigenvalue weighted by Gasteiger charge is -2.13. The van der Waals surface area contributed by atoms with Gasteiger partial charge in [-0.25, -0.2) is 0 Å². The minimum absolute atomic E-state index is 0. The van der Waals surface area contributed by atoms with Crippen molar-refractivity contribution in [2.75, 3.05) is 13.6 Å². The molecule has 0 aliphatic rings. The zero-order valence-corrected chi connectivity index (χ0v) is 15.0. The average Bonchev–Trinajstić information content (AvgIpc) is 2.97. The highest BCUT2D eigenvalue weighted by molar-refractivity contribution is 14.0. The van der Waals surface area contributed by atoms with Gasteiger partial charge in [-0.15, -0.1) is 24.0 Å². The van der Waals surface area contributed by atoms with Gasteiger partial charge in [0.2, 0.25) is 0 Å². The third kappa shape index (κ3) is 5.97. The third-order valence-corrected chi connectivity index (χ3v) is 3.33. The number of nitrogens with zero attached hydrogens (tertiary/aromatic N) is 2. The topological polar surface area (TPSA) is 41.4 Å². The standard InChI is InChI=1S/C15H19ClN4.HI/c1-17-15(18-8-11-20-9-4-5-10-20)19-12-13-6-2-3-7-14(13)16;/h2-7,9-10H,8,11-12H2,1H3,(H2,17,18,19);1H. The second-order valence-corrected chi connectivity index (χ2v) is 4.77. The number of halogens is 2. The van der Waals surface area contributed by atoms with Gasteiger partial charge in [-0.1, -0.05) is 29.8 Å². The van der Waals surface area contributed by atoms with Crippen molar-refractivity contribution >= 4 is 41.5 Å². The van der Waals surface area contributed by atoms with E-state index >= 15 is 0 Å². The summed E-state index contributed by atoms with van der Waals surface area (Å²) < 4.78 is 2.12. The first kappa shape index (κ1) is 17.8. The van der Waals surface area contributed by atoms with E-state index in [9.17, 15) is 0 Å². The van der Waals surface area contributed by atoms with E-state index in [0.29, 0.717) is 6.54 Å². The van der Waals surface area contributed by atoms with Crippen LogP contribution in [0.4, 0.5) is 0 Å². The minimum Gasteiger partial charge on any atom is -0.355 e. The van der Waals surface area contributed by atoms with Crippen molar-refractivity contribution in [1.29, 1.82) is 0 Å². The van der Waals surface area contributed by atoms with Crippen molar-refractivity contribution in [3.8, 4) is 0 Å². The van der Waals surface area contributed by atoms with Gasteiger partial charge in [0.05, 0.1) is 0 Å². The van der Waals surface area contributed by atoms with Crippen LogP contribution >= 0.6 is 35.6 Å². The molecule has 0 fully saturated rings. The first-order valence-corrected chi connectivity index (χ1v) is 6.96. The smallest absolute Gasteiger partial charge is 0.191 e. The van der Waals surface area contributed by atoms with E-state index in [1.807, 2.05) is 48.8 Å². The zero-order chi connectivity index (χ0) is 14.2. The van der Waals surface area contributed by atoms with Gasteiger partial charge in [-0.3, -0.25) is 4.99 Å². The highest BCUT2D eigenvalue weighted by atomic mass is 127. The summed E-state index contributed by atoms with van der Waals surface area (Å²) in [5.41, 5.74) is 1.06. The van der Waals surface area contributed by atoms with Gasteiger partial charge in [-0.05, 0) is 23.8 Å². The maximum Gasteiger partial charge on any atom is 0.191 e. The lowest BCUT2D eigenvalue weighted by atomic mass is 10.2. The van der Waals surface area contributed by atoms with Crippen LogP contribution in [-0.4, -0.2) is 24.1 Å². The summed E-state index contributed by atoms with van der Waals surface area (Å²) in [6.45, 7) is 2.37. The molecular weight excluding hydrogens is 399 g/mol. The van der Waals surface area contributed by atoms with Crippen molar-refractivity contribution < 1.29 is 0 Å². The molecular formula is C15H20ClIN4. The van der Waals surface area contributed by atoms with Gasteiger partial charge in [-0.2, -0.15) is 0 Å². The van der Waals surface area contributed by atoms with E-state index in [1.165, 1.54) is 0 Å². The van der Waals surface area contributed by atoms with Crippen LogP contribution in [0.15, 0.2) is 53.8 Å². The molecule has 1 heterocycles. The van der Waals surface area contributed by atoms with Crippen LogP contribution in [0.25, 0.3) is 0 Å². The molecule has 2 aromatic rings. The average molecular weight is 419 g/mol. The van der Waals surface area contributed by atoms with E-state index in [0.717, 1.165) is 29.6 Å². The van der Waals surface area contributed by atoms with Gasteiger partial charge in [0.15, 0.2) is 5.96 Å². The number of rotatable bonds is 5. The number of guanidine groups is 1. The Morgan fingerprint density at radius 2 is 1.86 bits per heavy atom. The van der Waals surface area contributed by atoms with Crippen molar-refractivity contribution in [1.82, 2.24) is 15.2 Å². The number of hydrogen-bond donors (Lipinski definition) is 2.